The predicted molar refractivity (Wildman–Crippen MR) is 166 cm³/mol. The molecule has 4 amide bonds. The lowest BCUT2D eigenvalue weighted by atomic mass is 10.0. The standard InChI is InChI=1S/C33H40ClN5O5/c1-21-24(19-37-10-8-26(9-11-37)38-12-14-44-15-13-38)17-25(18-28(21)34)35-30(40)6-3-22-2-4-23-20-39(33(43)27(23)16-22)29-5-7-31(41)36-32(29)42/h2,4,16-18,26,29H,3,5-15,19-20H2,1H3,(H,35,40)(H,36,41,42). The summed E-state index contributed by atoms with van der Waals surface area (Å²) in [5, 5.41) is 5.99. The first-order chi connectivity index (χ1) is 21.2. The summed E-state index contributed by atoms with van der Waals surface area (Å²) in [7, 11) is 0. The van der Waals surface area contributed by atoms with Crippen molar-refractivity contribution in [3.63, 3.8) is 0 Å². The first-order valence-corrected chi connectivity index (χ1v) is 16.0. The van der Waals surface area contributed by atoms with E-state index in [1.165, 1.54) is 4.90 Å². The Hall–Kier alpha value is -3.31. The van der Waals surface area contributed by atoms with E-state index in [0.29, 0.717) is 41.7 Å². The Morgan fingerprint density at radius 3 is 2.57 bits per heavy atom. The number of imide groups is 1. The summed E-state index contributed by atoms with van der Waals surface area (Å²) in [5.41, 5.74) is 5.12. The topological polar surface area (TPSA) is 111 Å². The number of halogens is 1. The molecule has 0 aliphatic carbocycles. The van der Waals surface area contributed by atoms with Crippen molar-refractivity contribution in [2.45, 2.75) is 70.6 Å². The molecule has 234 valence electrons. The number of carbonyl (C=O) groups is 4. The van der Waals surface area contributed by atoms with Gasteiger partial charge in [-0.05, 0) is 86.1 Å². The Bertz CT molecular complexity index is 1450. The van der Waals surface area contributed by atoms with Crippen LogP contribution in [0.3, 0.4) is 0 Å². The van der Waals surface area contributed by atoms with Crippen LogP contribution >= 0.6 is 11.6 Å². The van der Waals surface area contributed by atoms with E-state index >= 15 is 0 Å². The first kappa shape index (κ1) is 30.7. The van der Waals surface area contributed by atoms with E-state index < -0.39 is 11.9 Å². The monoisotopic (exact) mass is 621 g/mol. The van der Waals surface area contributed by atoms with Crippen LogP contribution in [-0.4, -0.2) is 89.8 Å². The maximum atomic E-state index is 13.1. The van der Waals surface area contributed by atoms with Gasteiger partial charge >= 0.3 is 0 Å². The third-order valence-corrected chi connectivity index (χ3v) is 9.87. The summed E-state index contributed by atoms with van der Waals surface area (Å²) in [6, 6.07) is 9.46. The van der Waals surface area contributed by atoms with Gasteiger partial charge in [-0.3, -0.25) is 34.3 Å². The van der Waals surface area contributed by atoms with Crippen molar-refractivity contribution in [2.75, 3.05) is 44.7 Å². The van der Waals surface area contributed by atoms with Crippen molar-refractivity contribution in [3.05, 3.63) is 63.2 Å². The van der Waals surface area contributed by atoms with Gasteiger partial charge in [-0.2, -0.15) is 0 Å². The molecule has 0 aromatic heterocycles. The largest absolute Gasteiger partial charge is 0.379 e. The van der Waals surface area contributed by atoms with Gasteiger partial charge in [0.25, 0.3) is 5.91 Å². The number of carbonyl (C=O) groups excluding carboxylic acids is 4. The number of likely N-dealkylation sites (tertiary alicyclic amines) is 1. The lowest BCUT2D eigenvalue weighted by Crippen LogP contribution is -2.52. The van der Waals surface area contributed by atoms with Crippen LogP contribution in [0.25, 0.3) is 0 Å². The van der Waals surface area contributed by atoms with Gasteiger partial charge in [-0.15, -0.1) is 0 Å². The van der Waals surface area contributed by atoms with Crippen molar-refractivity contribution >= 4 is 40.9 Å². The van der Waals surface area contributed by atoms with Gasteiger partial charge in [-0.25, -0.2) is 0 Å². The van der Waals surface area contributed by atoms with Crippen LogP contribution in [0.4, 0.5) is 5.69 Å². The second-order valence-corrected chi connectivity index (χ2v) is 12.7. The van der Waals surface area contributed by atoms with Crippen molar-refractivity contribution in [1.29, 1.82) is 0 Å². The third-order valence-electron chi connectivity index (χ3n) is 9.48. The van der Waals surface area contributed by atoms with E-state index in [1.807, 2.05) is 31.2 Å². The van der Waals surface area contributed by atoms with E-state index in [4.69, 9.17) is 16.3 Å². The van der Waals surface area contributed by atoms with Crippen molar-refractivity contribution in [2.24, 2.45) is 0 Å². The summed E-state index contributed by atoms with van der Waals surface area (Å²) in [5.74, 6) is -1.07. The molecule has 0 spiro atoms. The van der Waals surface area contributed by atoms with Crippen LogP contribution in [0, 0.1) is 6.92 Å². The van der Waals surface area contributed by atoms with Crippen molar-refractivity contribution < 1.29 is 23.9 Å². The number of anilines is 1. The number of nitrogens with one attached hydrogen (secondary N) is 2. The van der Waals surface area contributed by atoms with Crippen LogP contribution in [0.5, 0.6) is 0 Å². The fourth-order valence-electron chi connectivity index (χ4n) is 6.84. The molecule has 44 heavy (non-hydrogen) atoms. The quantitative estimate of drug-likeness (QED) is 0.435. The maximum absolute atomic E-state index is 13.1. The van der Waals surface area contributed by atoms with Gasteiger partial charge in [0.1, 0.15) is 6.04 Å². The molecule has 10 nitrogen and oxygen atoms in total. The number of rotatable bonds is 8. The molecule has 2 N–H and O–H groups in total. The zero-order valence-electron chi connectivity index (χ0n) is 25.2. The zero-order valence-corrected chi connectivity index (χ0v) is 26.0. The van der Waals surface area contributed by atoms with E-state index in [-0.39, 0.29) is 30.6 Å². The minimum absolute atomic E-state index is 0.126. The lowest BCUT2D eigenvalue weighted by Gasteiger charge is -2.40. The van der Waals surface area contributed by atoms with Crippen LogP contribution in [0.15, 0.2) is 30.3 Å². The zero-order chi connectivity index (χ0) is 30.8. The van der Waals surface area contributed by atoms with Crippen LogP contribution < -0.4 is 10.6 Å². The Labute approximate surface area is 263 Å². The van der Waals surface area contributed by atoms with Gasteiger partial charge in [0.05, 0.1) is 13.2 Å². The minimum Gasteiger partial charge on any atom is -0.379 e. The smallest absolute Gasteiger partial charge is 0.255 e. The van der Waals surface area contributed by atoms with Crippen molar-refractivity contribution in [1.82, 2.24) is 20.0 Å². The lowest BCUT2D eigenvalue weighted by molar-refractivity contribution is -0.137. The number of fused-ring (bicyclic) bond motifs is 1. The number of morpholine rings is 1. The highest BCUT2D eigenvalue weighted by molar-refractivity contribution is 6.31. The van der Waals surface area contributed by atoms with E-state index in [1.54, 1.807) is 6.07 Å². The molecule has 4 aliphatic rings. The van der Waals surface area contributed by atoms with Gasteiger partial charge in [0.2, 0.25) is 17.7 Å². The average molecular weight is 622 g/mol. The highest BCUT2D eigenvalue weighted by atomic mass is 35.5. The molecule has 0 radical (unpaired) electrons. The first-order valence-electron chi connectivity index (χ1n) is 15.6. The number of ether oxygens (including phenoxy) is 1. The molecule has 2 aromatic rings. The second-order valence-electron chi connectivity index (χ2n) is 12.3. The minimum atomic E-state index is -0.644. The molecule has 0 bridgehead atoms. The van der Waals surface area contributed by atoms with Gasteiger partial charge in [-0.1, -0.05) is 23.7 Å². The summed E-state index contributed by atoms with van der Waals surface area (Å²) in [6.07, 6.45) is 3.56. The molecule has 6 rings (SSSR count). The Kier molecular flexibility index (Phi) is 9.32. The number of piperidine rings is 2. The van der Waals surface area contributed by atoms with Crippen LogP contribution in [-0.2, 0) is 38.6 Å². The molecule has 0 saturated carbocycles. The predicted octanol–water partition coefficient (Wildman–Crippen LogP) is 3.28. The van der Waals surface area contributed by atoms with Gasteiger partial charge in [0.15, 0.2) is 0 Å². The number of benzene rings is 2. The fourth-order valence-corrected chi connectivity index (χ4v) is 7.08. The highest BCUT2D eigenvalue weighted by Gasteiger charge is 2.39. The molecular weight excluding hydrogens is 582 g/mol. The molecule has 3 fully saturated rings. The fraction of sp³-hybridized carbons (Fsp3) is 0.515. The number of hydrogen-bond donors (Lipinski definition) is 2. The number of aryl methyl sites for hydroxylation is 1. The Morgan fingerprint density at radius 1 is 1.05 bits per heavy atom. The van der Waals surface area contributed by atoms with Crippen LogP contribution in [0.1, 0.15) is 64.7 Å². The number of amides is 4. The molecule has 1 atom stereocenters. The molecular formula is C33H40ClN5O5. The van der Waals surface area contributed by atoms with Gasteiger partial charge < -0.3 is 15.0 Å². The Morgan fingerprint density at radius 2 is 1.82 bits per heavy atom. The van der Waals surface area contributed by atoms with E-state index in [0.717, 1.165) is 81.0 Å². The summed E-state index contributed by atoms with van der Waals surface area (Å²) in [6.45, 7) is 8.93. The van der Waals surface area contributed by atoms with E-state index in [2.05, 4.69) is 20.4 Å². The third kappa shape index (κ3) is 6.83. The molecule has 3 saturated heterocycles. The Balaban J connectivity index is 1.02. The molecule has 1 unspecified atom stereocenters. The van der Waals surface area contributed by atoms with Crippen molar-refractivity contribution in [3.8, 4) is 0 Å². The molecule has 11 heteroatoms. The molecule has 4 aliphatic heterocycles. The van der Waals surface area contributed by atoms with Crippen LogP contribution in [0.2, 0.25) is 5.02 Å². The normalized spacial score (nSPS) is 21.8. The summed E-state index contributed by atoms with van der Waals surface area (Å²) >= 11 is 6.60. The number of hydrogen-bond acceptors (Lipinski definition) is 7. The average Bonchev–Trinajstić information content (AvgIpc) is 3.34. The summed E-state index contributed by atoms with van der Waals surface area (Å²) in [4.78, 5) is 56.5. The SMILES string of the molecule is Cc1c(Cl)cc(NC(=O)CCc2ccc3c(c2)C(=O)N(C2CCC(=O)NC2=O)C3)cc1CN1CCC(N2CCOCC2)CC1. The molecule has 4 heterocycles. The summed E-state index contributed by atoms with van der Waals surface area (Å²) < 4.78 is 5.51. The second kappa shape index (κ2) is 13.4. The highest BCUT2D eigenvalue weighted by Crippen LogP contribution is 2.30. The maximum Gasteiger partial charge on any atom is 0.255 e. The van der Waals surface area contributed by atoms with Gasteiger partial charge in [0, 0.05) is 61.3 Å². The number of nitrogens with zero attached hydrogens (tertiary/aromatic N) is 3. The van der Waals surface area contributed by atoms with E-state index in [9.17, 15) is 19.2 Å². The molecule has 2 aromatic carbocycles.